The van der Waals surface area contributed by atoms with Gasteiger partial charge in [-0.2, -0.15) is 9.78 Å². The van der Waals surface area contributed by atoms with Crippen LogP contribution in [0.3, 0.4) is 0 Å². The first-order chi connectivity index (χ1) is 18.6. The van der Waals surface area contributed by atoms with Gasteiger partial charge in [-0.15, -0.1) is 5.10 Å². The molecule has 2 aromatic carbocycles. The average Bonchev–Trinajstić information content (AvgIpc) is 3.70. The quantitative estimate of drug-likeness (QED) is 0.236. The lowest BCUT2D eigenvalue weighted by molar-refractivity contribution is 0.0945. The number of nitrogens with zero attached hydrogens (tertiary/aromatic N) is 7. The molecule has 0 saturated carbocycles. The normalized spacial score (nSPS) is 13.7. The Labute approximate surface area is 218 Å². The molecule has 2 aromatic heterocycles. The number of aromatic nitrogens is 5. The molecular weight excluding hydrogens is 490 g/mol. The van der Waals surface area contributed by atoms with Crippen molar-refractivity contribution < 1.29 is 18.9 Å². The van der Waals surface area contributed by atoms with Crippen LogP contribution in [0, 0.1) is 0 Å². The molecule has 38 heavy (non-hydrogen) atoms. The maximum atomic E-state index is 13.2. The van der Waals surface area contributed by atoms with E-state index < -0.39 is 5.91 Å². The fourth-order valence-corrected chi connectivity index (χ4v) is 4.12. The van der Waals surface area contributed by atoms with E-state index in [4.69, 9.17) is 15.2 Å². The Bertz CT molecular complexity index is 1410. The van der Waals surface area contributed by atoms with Crippen molar-refractivity contribution in [2.75, 3.05) is 25.9 Å². The summed E-state index contributed by atoms with van der Waals surface area (Å²) in [5.41, 5.74) is 10.7. The van der Waals surface area contributed by atoms with Crippen molar-refractivity contribution in [2.24, 2.45) is 5.10 Å². The first-order valence-corrected chi connectivity index (χ1v) is 12.1. The number of rotatable bonds is 10. The standard InChI is InChI=1S/C25H27N9O4/c1-36-21-13-18(9-10-20(21)37-16-17-7-3-2-4-8-17)14-27-29-25(35)22-19(15-33-11-5-6-12-33)28-32-34(22)24-23(26)30-38-31-24/h2-4,7-10,13-14H,5-6,11-12,15-16H2,1H3,(H2,26,30)(H,29,35)/b27-14+. The van der Waals surface area contributed by atoms with Crippen LogP contribution >= 0.6 is 0 Å². The van der Waals surface area contributed by atoms with Gasteiger partial charge in [0.2, 0.25) is 11.6 Å². The van der Waals surface area contributed by atoms with E-state index in [9.17, 15) is 4.79 Å². The van der Waals surface area contributed by atoms with Gasteiger partial charge in [0.05, 0.1) is 13.3 Å². The second-order valence-electron chi connectivity index (χ2n) is 8.64. The molecule has 0 atom stereocenters. The molecular formula is C25H27N9O4. The minimum absolute atomic E-state index is 0.0122. The molecule has 1 amide bonds. The number of amides is 1. The number of benzene rings is 2. The predicted octanol–water partition coefficient (Wildman–Crippen LogP) is 2.18. The van der Waals surface area contributed by atoms with E-state index in [1.165, 1.54) is 10.9 Å². The lowest BCUT2D eigenvalue weighted by Gasteiger charge is -2.13. The topological polar surface area (TPSA) is 159 Å². The molecule has 1 saturated heterocycles. The van der Waals surface area contributed by atoms with Crippen LogP contribution in [-0.4, -0.2) is 62.5 Å². The van der Waals surface area contributed by atoms with E-state index >= 15 is 0 Å². The van der Waals surface area contributed by atoms with Gasteiger partial charge in [0.1, 0.15) is 12.3 Å². The van der Waals surface area contributed by atoms with Gasteiger partial charge in [0.25, 0.3) is 5.91 Å². The van der Waals surface area contributed by atoms with E-state index in [2.05, 4.69) is 40.7 Å². The van der Waals surface area contributed by atoms with E-state index in [-0.39, 0.29) is 17.3 Å². The molecule has 0 radical (unpaired) electrons. The predicted molar refractivity (Wildman–Crippen MR) is 137 cm³/mol. The van der Waals surface area contributed by atoms with Crippen LogP contribution in [0.25, 0.3) is 5.82 Å². The van der Waals surface area contributed by atoms with Crippen LogP contribution in [0.1, 0.15) is 40.2 Å². The van der Waals surface area contributed by atoms with Crippen molar-refractivity contribution in [3.8, 4) is 17.3 Å². The SMILES string of the molecule is COc1cc(/C=N/NC(=O)c2c(CN3CCCC3)nnn2-c2nonc2N)ccc1OCc1ccccc1. The highest BCUT2D eigenvalue weighted by atomic mass is 16.6. The molecule has 13 heteroatoms. The van der Waals surface area contributed by atoms with Gasteiger partial charge in [0.15, 0.2) is 17.2 Å². The van der Waals surface area contributed by atoms with Crippen molar-refractivity contribution in [3.63, 3.8) is 0 Å². The fourth-order valence-electron chi connectivity index (χ4n) is 4.12. The molecule has 4 aromatic rings. The number of ether oxygens (including phenoxy) is 2. The molecule has 0 spiro atoms. The highest BCUT2D eigenvalue weighted by Gasteiger charge is 2.26. The van der Waals surface area contributed by atoms with Crippen molar-refractivity contribution >= 4 is 17.9 Å². The lowest BCUT2D eigenvalue weighted by Crippen LogP contribution is -2.26. The van der Waals surface area contributed by atoms with Crippen LogP contribution in [0.2, 0.25) is 0 Å². The van der Waals surface area contributed by atoms with Crippen LogP contribution < -0.4 is 20.6 Å². The van der Waals surface area contributed by atoms with E-state index in [1.807, 2.05) is 36.4 Å². The maximum absolute atomic E-state index is 13.2. The summed E-state index contributed by atoms with van der Waals surface area (Å²) < 4.78 is 17.3. The molecule has 5 rings (SSSR count). The second kappa shape index (κ2) is 11.5. The number of hydrogen-bond acceptors (Lipinski definition) is 11. The highest BCUT2D eigenvalue weighted by Crippen LogP contribution is 2.28. The van der Waals surface area contributed by atoms with Crippen molar-refractivity contribution in [1.29, 1.82) is 0 Å². The molecule has 1 fully saturated rings. The first kappa shape index (κ1) is 24.9. The monoisotopic (exact) mass is 517 g/mol. The van der Waals surface area contributed by atoms with Crippen LogP contribution in [0.4, 0.5) is 5.82 Å². The number of carbonyl (C=O) groups excluding carboxylic acids is 1. The summed E-state index contributed by atoms with van der Waals surface area (Å²) >= 11 is 0. The van der Waals surface area contributed by atoms with E-state index in [1.54, 1.807) is 19.2 Å². The number of hydrazone groups is 1. The summed E-state index contributed by atoms with van der Waals surface area (Å²) in [5.74, 6) is 0.674. The zero-order valence-electron chi connectivity index (χ0n) is 20.8. The van der Waals surface area contributed by atoms with E-state index in [0.717, 1.165) is 31.5 Å². The fraction of sp³-hybridized carbons (Fsp3) is 0.280. The van der Waals surface area contributed by atoms with Crippen molar-refractivity contribution in [3.05, 3.63) is 71.0 Å². The van der Waals surface area contributed by atoms with Gasteiger partial charge >= 0.3 is 0 Å². The molecule has 3 heterocycles. The van der Waals surface area contributed by atoms with Gasteiger partial charge in [-0.3, -0.25) is 9.69 Å². The maximum Gasteiger partial charge on any atom is 0.292 e. The third kappa shape index (κ3) is 5.62. The Hall–Kier alpha value is -4.78. The summed E-state index contributed by atoms with van der Waals surface area (Å²) in [7, 11) is 1.56. The number of nitrogens with two attached hydrogens (primary N) is 1. The third-order valence-electron chi connectivity index (χ3n) is 6.03. The molecule has 13 nitrogen and oxygen atoms in total. The Balaban J connectivity index is 1.30. The number of nitrogens with one attached hydrogen (secondary N) is 1. The first-order valence-electron chi connectivity index (χ1n) is 12.1. The Morgan fingerprint density at radius 3 is 2.71 bits per heavy atom. The Kier molecular flexibility index (Phi) is 7.54. The molecule has 0 aliphatic carbocycles. The molecule has 196 valence electrons. The van der Waals surface area contributed by atoms with Gasteiger partial charge in [-0.25, -0.2) is 10.1 Å². The smallest absolute Gasteiger partial charge is 0.292 e. The minimum Gasteiger partial charge on any atom is -0.493 e. The second-order valence-corrected chi connectivity index (χ2v) is 8.64. The number of likely N-dealkylation sites (tertiary alicyclic amines) is 1. The molecule has 0 unspecified atom stereocenters. The number of hydrogen-bond donors (Lipinski definition) is 2. The summed E-state index contributed by atoms with van der Waals surface area (Å²) in [6.07, 6.45) is 3.70. The number of methoxy groups -OCH3 is 1. The van der Waals surface area contributed by atoms with Crippen LogP contribution in [-0.2, 0) is 13.2 Å². The number of anilines is 1. The summed E-state index contributed by atoms with van der Waals surface area (Å²) in [6.45, 7) is 2.71. The zero-order valence-corrected chi connectivity index (χ0v) is 20.8. The van der Waals surface area contributed by atoms with Crippen molar-refractivity contribution in [2.45, 2.75) is 26.0 Å². The van der Waals surface area contributed by atoms with Crippen LogP contribution in [0.5, 0.6) is 11.5 Å². The van der Waals surface area contributed by atoms with Gasteiger partial charge in [-0.1, -0.05) is 35.5 Å². The zero-order chi connectivity index (χ0) is 26.3. The molecule has 3 N–H and O–H groups in total. The number of carbonyl (C=O) groups is 1. The Morgan fingerprint density at radius 1 is 1.16 bits per heavy atom. The highest BCUT2D eigenvalue weighted by molar-refractivity contribution is 5.95. The molecule has 1 aliphatic rings. The van der Waals surface area contributed by atoms with Crippen LogP contribution in [0.15, 0.2) is 58.3 Å². The summed E-state index contributed by atoms with van der Waals surface area (Å²) in [5, 5.41) is 19.7. The average molecular weight is 518 g/mol. The molecule has 0 bridgehead atoms. The third-order valence-corrected chi connectivity index (χ3v) is 6.03. The summed E-state index contributed by atoms with van der Waals surface area (Å²) in [4.78, 5) is 15.4. The van der Waals surface area contributed by atoms with E-state index in [0.29, 0.717) is 35.9 Å². The number of nitrogen functional groups attached to an aromatic ring is 1. The van der Waals surface area contributed by atoms with Gasteiger partial charge in [0, 0.05) is 6.54 Å². The van der Waals surface area contributed by atoms with Gasteiger partial charge in [-0.05, 0) is 65.6 Å². The Morgan fingerprint density at radius 2 is 1.97 bits per heavy atom. The van der Waals surface area contributed by atoms with Crippen molar-refractivity contribution in [1.82, 2.24) is 35.6 Å². The minimum atomic E-state index is -0.530. The summed E-state index contributed by atoms with van der Waals surface area (Å²) in [6, 6.07) is 15.2. The molecule has 1 aliphatic heterocycles. The van der Waals surface area contributed by atoms with Gasteiger partial charge < -0.3 is 15.2 Å². The lowest BCUT2D eigenvalue weighted by atomic mass is 10.2. The largest absolute Gasteiger partial charge is 0.493 e.